The van der Waals surface area contributed by atoms with E-state index in [1.165, 1.54) is 25.0 Å². The second-order valence-corrected chi connectivity index (χ2v) is 7.38. The molecule has 21 heavy (non-hydrogen) atoms. The Balaban J connectivity index is 2.43. The second kappa shape index (κ2) is 8.82. The molecule has 1 aromatic carbocycles. The molecule has 0 heterocycles. The van der Waals surface area contributed by atoms with Crippen molar-refractivity contribution in [3.63, 3.8) is 0 Å². The number of benzene rings is 1. The molecule has 0 radical (unpaired) electrons. The Morgan fingerprint density at radius 1 is 1.14 bits per heavy atom. The van der Waals surface area contributed by atoms with Crippen molar-refractivity contribution in [2.75, 3.05) is 5.75 Å². The lowest BCUT2D eigenvalue weighted by Crippen LogP contribution is -2.36. The summed E-state index contributed by atoms with van der Waals surface area (Å²) in [6.07, 6.45) is 5.47. The van der Waals surface area contributed by atoms with E-state index in [4.69, 9.17) is 0 Å². The third-order valence-corrected chi connectivity index (χ3v) is 4.95. The number of carbonyl (C=O) groups excluding carboxylic acids is 1. The molecule has 0 fully saturated rings. The van der Waals surface area contributed by atoms with Gasteiger partial charge in [-0.15, -0.1) is 0 Å². The highest BCUT2D eigenvalue weighted by atomic mass is 32.2. The SMILES string of the molecule is CCCCCCC(C)NC(=O)CS(=O)(=O)c1ccccc1. The van der Waals surface area contributed by atoms with Gasteiger partial charge in [-0.25, -0.2) is 8.42 Å². The zero-order valence-electron chi connectivity index (χ0n) is 12.8. The van der Waals surface area contributed by atoms with Gasteiger partial charge in [0.05, 0.1) is 4.90 Å². The fraction of sp³-hybridized carbons (Fsp3) is 0.562. The van der Waals surface area contributed by atoms with Crippen LogP contribution in [0.4, 0.5) is 0 Å². The Morgan fingerprint density at radius 2 is 1.81 bits per heavy atom. The minimum atomic E-state index is -3.55. The zero-order chi connectivity index (χ0) is 15.7. The second-order valence-electron chi connectivity index (χ2n) is 5.39. The van der Waals surface area contributed by atoms with Gasteiger partial charge in [0, 0.05) is 6.04 Å². The van der Waals surface area contributed by atoms with Gasteiger partial charge in [0.2, 0.25) is 5.91 Å². The molecule has 1 atom stereocenters. The van der Waals surface area contributed by atoms with Crippen LogP contribution in [0.2, 0.25) is 0 Å². The molecular weight excluding hydrogens is 286 g/mol. The summed E-state index contributed by atoms with van der Waals surface area (Å²) >= 11 is 0. The third-order valence-electron chi connectivity index (χ3n) is 3.32. The number of hydrogen-bond acceptors (Lipinski definition) is 3. The molecular formula is C16H25NO3S. The molecule has 0 bridgehead atoms. The monoisotopic (exact) mass is 311 g/mol. The topological polar surface area (TPSA) is 63.2 Å². The fourth-order valence-corrected chi connectivity index (χ4v) is 3.32. The Morgan fingerprint density at radius 3 is 2.43 bits per heavy atom. The number of carbonyl (C=O) groups is 1. The van der Waals surface area contributed by atoms with Gasteiger partial charge < -0.3 is 5.32 Å². The van der Waals surface area contributed by atoms with E-state index in [0.29, 0.717) is 0 Å². The smallest absolute Gasteiger partial charge is 0.235 e. The molecule has 0 aromatic heterocycles. The molecule has 1 unspecified atom stereocenters. The largest absolute Gasteiger partial charge is 0.353 e. The van der Waals surface area contributed by atoms with Crippen molar-refractivity contribution in [2.24, 2.45) is 0 Å². The summed E-state index contributed by atoms with van der Waals surface area (Å²) in [4.78, 5) is 12.0. The van der Waals surface area contributed by atoms with Crippen LogP contribution in [0.3, 0.4) is 0 Å². The van der Waals surface area contributed by atoms with Crippen molar-refractivity contribution in [1.82, 2.24) is 5.32 Å². The van der Waals surface area contributed by atoms with Crippen LogP contribution >= 0.6 is 0 Å². The first-order valence-electron chi connectivity index (χ1n) is 7.53. The maximum atomic E-state index is 12.1. The van der Waals surface area contributed by atoms with Crippen molar-refractivity contribution in [3.8, 4) is 0 Å². The molecule has 0 saturated heterocycles. The quantitative estimate of drug-likeness (QED) is 0.713. The summed E-state index contributed by atoms with van der Waals surface area (Å²) in [5, 5.41) is 2.76. The van der Waals surface area contributed by atoms with E-state index >= 15 is 0 Å². The number of nitrogens with one attached hydrogen (secondary N) is 1. The highest BCUT2D eigenvalue weighted by Gasteiger charge is 2.19. The highest BCUT2D eigenvalue weighted by Crippen LogP contribution is 2.10. The van der Waals surface area contributed by atoms with Crippen LogP contribution in [0.1, 0.15) is 46.0 Å². The summed E-state index contributed by atoms with van der Waals surface area (Å²) < 4.78 is 24.1. The van der Waals surface area contributed by atoms with Crippen LogP contribution in [0.5, 0.6) is 0 Å². The first-order valence-corrected chi connectivity index (χ1v) is 9.18. The lowest BCUT2D eigenvalue weighted by Gasteiger charge is -2.13. The van der Waals surface area contributed by atoms with Crippen LogP contribution in [0, 0.1) is 0 Å². The van der Waals surface area contributed by atoms with Crippen LogP contribution in [0.15, 0.2) is 35.2 Å². The summed E-state index contributed by atoms with van der Waals surface area (Å²) in [6, 6.07) is 8.09. The van der Waals surface area contributed by atoms with E-state index in [2.05, 4.69) is 12.2 Å². The minimum Gasteiger partial charge on any atom is -0.353 e. The Kier molecular flexibility index (Phi) is 7.43. The number of amides is 1. The first-order chi connectivity index (χ1) is 9.95. The van der Waals surface area contributed by atoms with Gasteiger partial charge in [-0.3, -0.25) is 4.79 Å². The van der Waals surface area contributed by atoms with Gasteiger partial charge in [-0.2, -0.15) is 0 Å². The standard InChI is InChI=1S/C16H25NO3S/c1-3-4-5-7-10-14(2)17-16(18)13-21(19,20)15-11-8-6-9-12-15/h6,8-9,11-12,14H,3-5,7,10,13H2,1-2H3,(H,17,18). The molecule has 0 aliphatic heterocycles. The van der Waals surface area contributed by atoms with E-state index in [0.717, 1.165) is 19.3 Å². The molecule has 5 heteroatoms. The van der Waals surface area contributed by atoms with Gasteiger partial charge in [0.15, 0.2) is 9.84 Å². The van der Waals surface area contributed by atoms with E-state index < -0.39 is 21.5 Å². The van der Waals surface area contributed by atoms with Crippen LogP contribution in [0.25, 0.3) is 0 Å². The van der Waals surface area contributed by atoms with Crippen LogP contribution < -0.4 is 5.32 Å². The van der Waals surface area contributed by atoms with E-state index in [1.807, 2.05) is 6.92 Å². The number of rotatable bonds is 9. The lowest BCUT2D eigenvalue weighted by molar-refractivity contribution is -0.119. The first kappa shape index (κ1) is 17.7. The predicted molar refractivity (Wildman–Crippen MR) is 84.9 cm³/mol. The van der Waals surface area contributed by atoms with Gasteiger partial charge in [0.25, 0.3) is 0 Å². The van der Waals surface area contributed by atoms with Gasteiger partial charge in [-0.05, 0) is 25.5 Å². The molecule has 1 rings (SSSR count). The normalized spacial score (nSPS) is 12.9. The maximum absolute atomic E-state index is 12.1. The van der Waals surface area contributed by atoms with E-state index in [-0.39, 0.29) is 10.9 Å². The molecule has 1 N–H and O–H groups in total. The average molecular weight is 311 g/mol. The molecule has 0 spiro atoms. The summed E-state index contributed by atoms with van der Waals surface area (Å²) in [7, 11) is -3.55. The molecule has 1 amide bonds. The van der Waals surface area contributed by atoms with Gasteiger partial charge in [0.1, 0.15) is 5.75 Å². The molecule has 4 nitrogen and oxygen atoms in total. The number of sulfone groups is 1. The molecule has 0 saturated carbocycles. The van der Waals surface area contributed by atoms with Crippen molar-refractivity contribution in [1.29, 1.82) is 0 Å². The van der Waals surface area contributed by atoms with Crippen molar-refractivity contribution in [3.05, 3.63) is 30.3 Å². The lowest BCUT2D eigenvalue weighted by atomic mass is 10.1. The average Bonchev–Trinajstić information content (AvgIpc) is 2.44. The minimum absolute atomic E-state index is 0.0142. The Labute approximate surface area is 127 Å². The van der Waals surface area contributed by atoms with Gasteiger partial charge in [-0.1, -0.05) is 50.8 Å². The number of hydrogen-bond donors (Lipinski definition) is 1. The molecule has 118 valence electrons. The molecule has 0 aliphatic carbocycles. The van der Waals surface area contributed by atoms with Crippen molar-refractivity contribution < 1.29 is 13.2 Å². The van der Waals surface area contributed by atoms with Crippen molar-refractivity contribution >= 4 is 15.7 Å². The molecule has 0 aliphatic rings. The van der Waals surface area contributed by atoms with Crippen molar-refractivity contribution in [2.45, 2.75) is 56.9 Å². The zero-order valence-corrected chi connectivity index (χ0v) is 13.7. The predicted octanol–water partition coefficient (Wildman–Crippen LogP) is 2.94. The van der Waals surface area contributed by atoms with E-state index in [1.54, 1.807) is 18.2 Å². The Bertz CT molecular complexity index is 526. The van der Waals surface area contributed by atoms with Crippen LogP contribution in [-0.2, 0) is 14.6 Å². The summed E-state index contributed by atoms with van der Waals surface area (Å²) in [6.45, 7) is 4.07. The molecule has 1 aromatic rings. The third kappa shape index (κ3) is 6.76. The Hall–Kier alpha value is -1.36. The van der Waals surface area contributed by atoms with Gasteiger partial charge >= 0.3 is 0 Å². The highest BCUT2D eigenvalue weighted by molar-refractivity contribution is 7.92. The fourth-order valence-electron chi connectivity index (χ4n) is 2.15. The maximum Gasteiger partial charge on any atom is 0.235 e. The van der Waals surface area contributed by atoms with E-state index in [9.17, 15) is 13.2 Å². The van der Waals surface area contributed by atoms with Crippen LogP contribution in [-0.4, -0.2) is 26.1 Å². The summed E-state index contributed by atoms with van der Waals surface area (Å²) in [5.74, 6) is -0.919. The summed E-state index contributed by atoms with van der Waals surface area (Å²) in [5.41, 5.74) is 0. The number of unbranched alkanes of at least 4 members (excludes halogenated alkanes) is 3.